The predicted molar refractivity (Wildman–Crippen MR) is 124 cm³/mol. The van der Waals surface area contributed by atoms with Crippen molar-refractivity contribution in [2.75, 3.05) is 13.1 Å². The van der Waals surface area contributed by atoms with Gasteiger partial charge in [0.25, 0.3) is 0 Å². The number of carbonyl (C=O) groups is 1. The average Bonchev–Trinajstić information content (AvgIpc) is 3.59. The third-order valence-corrected chi connectivity index (χ3v) is 7.76. The summed E-state index contributed by atoms with van der Waals surface area (Å²) >= 11 is 1.43. The van der Waals surface area contributed by atoms with Crippen LogP contribution in [0.1, 0.15) is 58.1 Å². The van der Waals surface area contributed by atoms with E-state index in [9.17, 15) is 26.7 Å². The lowest BCUT2D eigenvalue weighted by atomic mass is 9.97. The third-order valence-electron chi connectivity index (χ3n) is 6.55. The minimum Gasteiger partial charge on any atom is -0.387 e. The molecule has 13 heteroatoms. The average molecular weight is 540 g/mol. The Morgan fingerprint density at radius 1 is 1.19 bits per heavy atom. The number of aryl methyl sites for hydroxylation is 1. The Morgan fingerprint density at radius 2 is 1.89 bits per heavy atom. The van der Waals surface area contributed by atoms with Crippen LogP contribution in [0.15, 0.2) is 35.6 Å². The fraction of sp³-hybridized carbons (Fsp3) is 0.417. The van der Waals surface area contributed by atoms with Gasteiger partial charge in [-0.2, -0.15) is 18.3 Å². The van der Waals surface area contributed by atoms with Crippen LogP contribution in [0, 0.1) is 18.6 Å². The van der Waals surface area contributed by atoms with E-state index < -0.39 is 29.6 Å². The molecule has 1 unspecified atom stereocenters. The van der Waals surface area contributed by atoms with Gasteiger partial charge in [-0.25, -0.2) is 13.8 Å². The maximum atomic E-state index is 14.1. The summed E-state index contributed by atoms with van der Waals surface area (Å²) in [6.07, 6.45) is -2.22. The van der Waals surface area contributed by atoms with Crippen LogP contribution in [0.4, 0.5) is 22.0 Å². The van der Waals surface area contributed by atoms with Crippen molar-refractivity contribution in [3.05, 3.63) is 68.9 Å². The first-order chi connectivity index (χ1) is 17.6. The van der Waals surface area contributed by atoms with Crippen LogP contribution in [-0.2, 0) is 22.4 Å². The molecule has 196 valence electrons. The highest BCUT2D eigenvalue weighted by Crippen LogP contribution is 2.36. The number of alkyl halides is 3. The van der Waals surface area contributed by atoms with Gasteiger partial charge in [0.2, 0.25) is 5.91 Å². The number of thiazole rings is 1. The summed E-state index contributed by atoms with van der Waals surface area (Å²) in [5, 5.41) is 8.42. The first kappa shape index (κ1) is 25.3. The molecular formula is C24H22F5N5O2S. The minimum atomic E-state index is -4.56. The Kier molecular flexibility index (Phi) is 6.73. The molecule has 4 heterocycles. The minimum absolute atomic E-state index is 0.105. The normalized spacial score (nSPS) is 18.7. The Morgan fingerprint density at radius 3 is 2.54 bits per heavy atom. The van der Waals surface area contributed by atoms with E-state index >= 15 is 0 Å². The number of nitrogens with zero attached hydrogens (tertiary/aromatic N) is 5. The Balaban J connectivity index is 1.17. The van der Waals surface area contributed by atoms with E-state index in [1.54, 1.807) is 11.1 Å². The van der Waals surface area contributed by atoms with E-state index in [4.69, 9.17) is 4.84 Å². The first-order valence-electron chi connectivity index (χ1n) is 11.6. The lowest BCUT2D eigenvalue weighted by Gasteiger charge is -2.31. The zero-order valence-corrected chi connectivity index (χ0v) is 20.5. The topological polar surface area (TPSA) is 72.6 Å². The summed E-state index contributed by atoms with van der Waals surface area (Å²) in [4.78, 5) is 24.9. The van der Waals surface area contributed by atoms with Gasteiger partial charge in [-0.1, -0.05) is 11.2 Å². The molecule has 1 aromatic carbocycles. The maximum absolute atomic E-state index is 14.1. The number of halogens is 5. The van der Waals surface area contributed by atoms with Crippen molar-refractivity contribution < 1.29 is 31.6 Å². The summed E-state index contributed by atoms with van der Waals surface area (Å²) < 4.78 is 67.9. The number of piperidine rings is 1. The van der Waals surface area contributed by atoms with Crippen LogP contribution in [0.2, 0.25) is 0 Å². The molecule has 1 fully saturated rings. The fourth-order valence-electron chi connectivity index (χ4n) is 4.52. The van der Waals surface area contributed by atoms with E-state index in [1.807, 2.05) is 0 Å². The van der Waals surface area contributed by atoms with Gasteiger partial charge in [0, 0.05) is 37.3 Å². The number of rotatable bonds is 5. The largest absolute Gasteiger partial charge is 0.435 e. The summed E-state index contributed by atoms with van der Waals surface area (Å²) in [6, 6.07) is 4.57. The molecule has 0 N–H and O–H groups in total. The predicted octanol–water partition coefficient (Wildman–Crippen LogP) is 5.22. The maximum Gasteiger partial charge on any atom is 0.435 e. The number of likely N-dealkylation sites (tertiary alicyclic amines) is 1. The van der Waals surface area contributed by atoms with Gasteiger partial charge in [-0.05, 0) is 38.0 Å². The molecule has 7 nitrogen and oxygen atoms in total. The molecule has 2 aliphatic heterocycles. The highest BCUT2D eigenvalue weighted by atomic mass is 32.1. The lowest BCUT2D eigenvalue weighted by molar-refractivity contribution is -0.142. The zero-order chi connectivity index (χ0) is 26.3. The SMILES string of the molecule is Cc1cc(C(F)(F)F)nn1CC(=O)N1CCC(c2ncc(C3=NOC(c4c(F)cccc4F)C3)s2)CC1. The molecule has 0 spiro atoms. The van der Waals surface area contributed by atoms with Crippen molar-refractivity contribution in [2.24, 2.45) is 5.16 Å². The van der Waals surface area contributed by atoms with Gasteiger partial charge in [0.15, 0.2) is 11.8 Å². The molecule has 0 aliphatic carbocycles. The van der Waals surface area contributed by atoms with Crippen molar-refractivity contribution in [2.45, 2.75) is 50.9 Å². The monoisotopic (exact) mass is 539 g/mol. The van der Waals surface area contributed by atoms with E-state index in [0.29, 0.717) is 31.6 Å². The number of hydrogen-bond acceptors (Lipinski definition) is 6. The second-order valence-corrected chi connectivity index (χ2v) is 10.1. The van der Waals surface area contributed by atoms with Crippen LogP contribution in [-0.4, -0.2) is 44.4 Å². The number of oxime groups is 1. The summed E-state index contributed by atoms with van der Waals surface area (Å²) in [6.45, 7) is 2.13. The van der Waals surface area contributed by atoms with Crippen molar-refractivity contribution >= 4 is 23.0 Å². The Labute approximate surface area is 212 Å². The smallest absolute Gasteiger partial charge is 0.387 e. The lowest BCUT2D eigenvalue weighted by Crippen LogP contribution is -2.40. The van der Waals surface area contributed by atoms with E-state index in [0.717, 1.165) is 20.6 Å². The van der Waals surface area contributed by atoms with Gasteiger partial charge in [0.1, 0.15) is 23.9 Å². The highest BCUT2D eigenvalue weighted by molar-refractivity contribution is 7.13. The van der Waals surface area contributed by atoms with Crippen molar-refractivity contribution in [3.8, 4) is 0 Å². The Hall–Kier alpha value is -3.35. The third kappa shape index (κ3) is 5.22. The Bertz CT molecular complexity index is 1320. The number of carbonyl (C=O) groups excluding carboxylic acids is 1. The molecule has 2 aliphatic rings. The molecule has 5 rings (SSSR count). The van der Waals surface area contributed by atoms with Gasteiger partial charge in [-0.3, -0.25) is 9.48 Å². The van der Waals surface area contributed by atoms with E-state index in [-0.39, 0.29) is 36.0 Å². The van der Waals surface area contributed by atoms with Crippen molar-refractivity contribution in [1.82, 2.24) is 19.7 Å². The number of aromatic nitrogens is 3. The molecule has 0 radical (unpaired) electrons. The van der Waals surface area contributed by atoms with Crippen molar-refractivity contribution in [3.63, 3.8) is 0 Å². The number of hydrogen-bond donors (Lipinski definition) is 0. The fourth-order valence-corrected chi connectivity index (χ4v) is 5.60. The zero-order valence-electron chi connectivity index (χ0n) is 19.6. The van der Waals surface area contributed by atoms with Crippen LogP contribution >= 0.6 is 11.3 Å². The quantitative estimate of drug-likeness (QED) is 0.417. The molecular weight excluding hydrogens is 517 g/mol. The first-order valence-corrected chi connectivity index (χ1v) is 12.4. The van der Waals surface area contributed by atoms with Crippen molar-refractivity contribution in [1.29, 1.82) is 0 Å². The van der Waals surface area contributed by atoms with E-state index in [1.165, 1.54) is 36.5 Å². The molecule has 2 aromatic heterocycles. The van der Waals surface area contributed by atoms with E-state index in [2.05, 4.69) is 15.2 Å². The molecule has 3 aromatic rings. The molecule has 0 saturated carbocycles. The molecule has 37 heavy (non-hydrogen) atoms. The van der Waals surface area contributed by atoms with Gasteiger partial charge >= 0.3 is 6.18 Å². The molecule has 1 atom stereocenters. The van der Waals surface area contributed by atoms with Crippen LogP contribution in [0.5, 0.6) is 0 Å². The second kappa shape index (κ2) is 9.84. The van der Waals surface area contributed by atoms with Crippen LogP contribution in [0.3, 0.4) is 0 Å². The second-order valence-electron chi connectivity index (χ2n) is 9.02. The van der Waals surface area contributed by atoms with Crippen LogP contribution < -0.4 is 0 Å². The number of benzene rings is 1. The van der Waals surface area contributed by atoms with Gasteiger partial charge in [0.05, 0.1) is 15.4 Å². The highest BCUT2D eigenvalue weighted by Gasteiger charge is 2.35. The van der Waals surface area contributed by atoms with Gasteiger partial charge < -0.3 is 9.74 Å². The standard InChI is InChI=1S/C24H22F5N5O2S/c1-13-9-20(24(27,28)29)31-34(13)12-21(35)33-7-5-14(6-8-33)23-30-11-19(37-23)17-10-18(36-32-17)22-15(25)3-2-4-16(22)26/h2-4,9,11,14,18H,5-8,10,12H2,1H3. The summed E-state index contributed by atoms with van der Waals surface area (Å²) in [5.74, 6) is -1.55. The number of amides is 1. The molecule has 0 bridgehead atoms. The summed E-state index contributed by atoms with van der Waals surface area (Å²) in [7, 11) is 0. The van der Waals surface area contributed by atoms with Crippen LogP contribution in [0.25, 0.3) is 0 Å². The molecule has 1 amide bonds. The van der Waals surface area contributed by atoms with Gasteiger partial charge in [-0.15, -0.1) is 11.3 Å². The molecule has 1 saturated heterocycles. The summed E-state index contributed by atoms with van der Waals surface area (Å²) in [5.41, 5.74) is -0.330.